The average molecular weight is 336 g/mol. The van der Waals surface area contributed by atoms with Crippen LogP contribution in [0.25, 0.3) is 5.57 Å². The Morgan fingerprint density at radius 3 is 2.87 bits per heavy atom. The predicted octanol–water partition coefficient (Wildman–Crippen LogP) is 4.14. The van der Waals surface area contributed by atoms with Crippen molar-refractivity contribution in [1.82, 2.24) is 4.98 Å². The average Bonchev–Trinajstić information content (AvgIpc) is 2.53. The maximum Gasteiger partial charge on any atom is 0.166 e. The van der Waals surface area contributed by atoms with E-state index in [1.54, 1.807) is 13.0 Å². The molecule has 0 saturated carbocycles. The van der Waals surface area contributed by atoms with Gasteiger partial charge in [0, 0.05) is 34.1 Å². The van der Waals surface area contributed by atoms with E-state index in [1.165, 1.54) is 24.4 Å². The van der Waals surface area contributed by atoms with E-state index in [0.29, 0.717) is 16.1 Å². The molecule has 2 rings (SSSR count). The number of allylic oxidation sites excluding steroid dienone is 1. The highest BCUT2D eigenvalue weighted by atomic mass is 35.5. The fourth-order valence-corrected chi connectivity index (χ4v) is 2.25. The fraction of sp³-hybridized carbons (Fsp3) is 0.125. The number of hydrogen-bond donors (Lipinski definition) is 3. The summed E-state index contributed by atoms with van der Waals surface area (Å²) in [7, 11) is 0. The van der Waals surface area contributed by atoms with Crippen LogP contribution >= 0.6 is 11.6 Å². The van der Waals surface area contributed by atoms with E-state index < -0.39 is 11.9 Å². The van der Waals surface area contributed by atoms with Gasteiger partial charge in [-0.1, -0.05) is 11.6 Å². The van der Waals surface area contributed by atoms with Crippen molar-refractivity contribution in [3.05, 3.63) is 58.7 Å². The molecule has 1 atom stereocenters. The Balaban J connectivity index is 2.33. The summed E-state index contributed by atoms with van der Waals surface area (Å²) in [5, 5.41) is 16.7. The molecule has 1 aromatic heterocycles. The van der Waals surface area contributed by atoms with Crippen LogP contribution in [0.15, 0.2) is 36.7 Å². The van der Waals surface area contributed by atoms with Crippen LogP contribution in [0.3, 0.4) is 0 Å². The maximum absolute atomic E-state index is 13.4. The summed E-state index contributed by atoms with van der Waals surface area (Å²) < 4.78 is 19.1. The standard InChI is InChI=1S/C16H15ClFN3O2/c1-9(13-5-12(18)2-3-14(13)17)23-15-4-10(7-21-16(15)20)11(6-19)8-22/h2-9,19,22H,1H3,(H2,20,21)/b11-8+,19-6?. The Hall–Kier alpha value is -2.60. The van der Waals surface area contributed by atoms with E-state index in [9.17, 15) is 4.39 Å². The van der Waals surface area contributed by atoms with Gasteiger partial charge in [0.15, 0.2) is 11.6 Å². The van der Waals surface area contributed by atoms with Gasteiger partial charge < -0.3 is 21.0 Å². The molecular formula is C16H15ClFN3O2. The molecule has 4 N–H and O–H groups in total. The molecule has 23 heavy (non-hydrogen) atoms. The van der Waals surface area contributed by atoms with Crippen LogP contribution in [0.5, 0.6) is 5.75 Å². The second kappa shape index (κ2) is 7.11. The topological polar surface area (TPSA) is 92.2 Å². The summed E-state index contributed by atoms with van der Waals surface area (Å²) in [4.78, 5) is 3.97. The summed E-state index contributed by atoms with van der Waals surface area (Å²) >= 11 is 6.06. The first-order valence-corrected chi connectivity index (χ1v) is 7.06. The minimum Gasteiger partial charge on any atom is -0.515 e. The molecule has 1 aromatic carbocycles. The molecule has 0 bridgehead atoms. The van der Waals surface area contributed by atoms with Crippen molar-refractivity contribution in [2.75, 3.05) is 5.73 Å². The number of ether oxygens (including phenoxy) is 1. The van der Waals surface area contributed by atoms with Gasteiger partial charge in [-0.05, 0) is 31.2 Å². The van der Waals surface area contributed by atoms with Crippen molar-refractivity contribution in [1.29, 1.82) is 5.41 Å². The lowest BCUT2D eigenvalue weighted by atomic mass is 10.1. The number of pyridine rings is 1. The summed E-state index contributed by atoms with van der Waals surface area (Å²) in [6, 6.07) is 5.54. The van der Waals surface area contributed by atoms with Crippen LogP contribution in [-0.4, -0.2) is 16.3 Å². The highest BCUT2D eigenvalue weighted by molar-refractivity contribution is 6.31. The number of benzene rings is 1. The molecule has 0 aliphatic carbocycles. The number of hydrogen-bond acceptors (Lipinski definition) is 5. The lowest BCUT2D eigenvalue weighted by Crippen LogP contribution is -2.07. The molecule has 0 aliphatic rings. The number of nitrogens with one attached hydrogen (secondary N) is 1. The normalized spacial score (nSPS) is 12.7. The van der Waals surface area contributed by atoms with Crippen LogP contribution in [0.4, 0.5) is 10.2 Å². The third-order valence-corrected chi connectivity index (χ3v) is 3.55. The molecule has 0 spiro atoms. The zero-order valence-corrected chi connectivity index (χ0v) is 13.0. The number of nitrogen functional groups attached to an aromatic ring is 1. The first-order valence-electron chi connectivity index (χ1n) is 6.68. The quantitative estimate of drug-likeness (QED) is 0.565. The van der Waals surface area contributed by atoms with Gasteiger partial charge in [-0.15, -0.1) is 0 Å². The van der Waals surface area contributed by atoms with Crippen molar-refractivity contribution in [3.63, 3.8) is 0 Å². The van der Waals surface area contributed by atoms with Gasteiger partial charge in [-0.2, -0.15) is 0 Å². The summed E-state index contributed by atoms with van der Waals surface area (Å²) in [5.74, 6) is -0.0408. The maximum atomic E-state index is 13.4. The molecule has 0 saturated heterocycles. The summed E-state index contributed by atoms with van der Waals surface area (Å²) in [6.45, 7) is 1.70. The highest BCUT2D eigenvalue weighted by Gasteiger charge is 2.15. The van der Waals surface area contributed by atoms with Gasteiger partial charge >= 0.3 is 0 Å². The smallest absolute Gasteiger partial charge is 0.166 e. The number of rotatable bonds is 5. The van der Waals surface area contributed by atoms with Gasteiger partial charge in [-0.3, -0.25) is 0 Å². The van der Waals surface area contributed by atoms with Crippen LogP contribution in [-0.2, 0) is 0 Å². The molecule has 0 fully saturated rings. The Kier molecular flexibility index (Phi) is 5.18. The number of aromatic nitrogens is 1. The monoisotopic (exact) mass is 335 g/mol. The minimum absolute atomic E-state index is 0.135. The molecule has 1 heterocycles. The van der Waals surface area contributed by atoms with Crippen molar-refractivity contribution < 1.29 is 14.2 Å². The van der Waals surface area contributed by atoms with Gasteiger partial charge in [0.05, 0.1) is 6.26 Å². The number of aliphatic hydroxyl groups is 1. The molecule has 0 radical (unpaired) electrons. The fourth-order valence-electron chi connectivity index (χ4n) is 1.98. The van der Waals surface area contributed by atoms with E-state index >= 15 is 0 Å². The van der Waals surface area contributed by atoms with E-state index in [0.717, 1.165) is 12.5 Å². The second-order valence-corrected chi connectivity index (χ2v) is 5.17. The predicted molar refractivity (Wildman–Crippen MR) is 88.5 cm³/mol. The van der Waals surface area contributed by atoms with E-state index in [-0.39, 0.29) is 17.1 Å². The summed E-state index contributed by atoms with van der Waals surface area (Å²) in [5.41, 5.74) is 6.97. The number of nitrogens with two attached hydrogens (primary N) is 1. The van der Waals surface area contributed by atoms with Crippen molar-refractivity contribution in [3.8, 4) is 5.75 Å². The SMILES string of the molecule is CC(Oc1cc(/C(C=N)=C/O)cnc1N)c1cc(F)ccc1Cl. The van der Waals surface area contributed by atoms with E-state index in [1.807, 2.05) is 0 Å². The lowest BCUT2D eigenvalue weighted by molar-refractivity contribution is 0.227. The van der Waals surface area contributed by atoms with Crippen LogP contribution in [0.2, 0.25) is 5.02 Å². The molecule has 2 aromatic rings. The minimum atomic E-state index is -0.570. The number of nitrogens with zero attached hydrogens (tertiary/aromatic N) is 1. The molecule has 5 nitrogen and oxygen atoms in total. The van der Waals surface area contributed by atoms with Crippen molar-refractivity contribution >= 4 is 29.2 Å². The van der Waals surface area contributed by atoms with Crippen molar-refractivity contribution in [2.24, 2.45) is 0 Å². The Morgan fingerprint density at radius 2 is 2.22 bits per heavy atom. The number of aliphatic hydroxyl groups excluding tert-OH is 1. The second-order valence-electron chi connectivity index (χ2n) is 4.76. The van der Waals surface area contributed by atoms with Crippen molar-refractivity contribution in [2.45, 2.75) is 13.0 Å². The van der Waals surface area contributed by atoms with Crippen LogP contribution in [0.1, 0.15) is 24.2 Å². The largest absolute Gasteiger partial charge is 0.515 e. The molecule has 7 heteroatoms. The van der Waals surface area contributed by atoms with Gasteiger partial charge in [0.25, 0.3) is 0 Å². The van der Waals surface area contributed by atoms with Crippen LogP contribution in [0, 0.1) is 11.2 Å². The van der Waals surface area contributed by atoms with E-state index in [4.69, 9.17) is 32.6 Å². The molecule has 120 valence electrons. The number of halogens is 2. The van der Waals surface area contributed by atoms with Gasteiger partial charge in [-0.25, -0.2) is 9.37 Å². The number of anilines is 1. The molecular weight excluding hydrogens is 321 g/mol. The first kappa shape index (κ1) is 16.8. The first-order chi connectivity index (χ1) is 11.0. The van der Waals surface area contributed by atoms with Gasteiger partial charge in [0.1, 0.15) is 11.9 Å². The third-order valence-electron chi connectivity index (χ3n) is 3.21. The molecule has 0 amide bonds. The Bertz CT molecular complexity index is 765. The Labute approximate surface area is 137 Å². The van der Waals surface area contributed by atoms with Gasteiger partial charge in [0.2, 0.25) is 0 Å². The summed E-state index contributed by atoms with van der Waals surface area (Å²) in [6.07, 6.45) is 2.61. The zero-order chi connectivity index (χ0) is 17.0. The van der Waals surface area contributed by atoms with Crippen LogP contribution < -0.4 is 10.5 Å². The third kappa shape index (κ3) is 3.78. The molecule has 0 aliphatic heterocycles. The lowest BCUT2D eigenvalue weighted by Gasteiger charge is -2.18. The highest BCUT2D eigenvalue weighted by Crippen LogP contribution is 2.31. The Morgan fingerprint density at radius 1 is 1.48 bits per heavy atom. The molecule has 1 unspecified atom stereocenters. The zero-order valence-electron chi connectivity index (χ0n) is 12.3. The van der Waals surface area contributed by atoms with E-state index in [2.05, 4.69) is 4.98 Å².